The zero-order valence-electron chi connectivity index (χ0n) is 19.2. The van der Waals surface area contributed by atoms with E-state index in [1.807, 2.05) is 25.7 Å². The first-order valence-corrected chi connectivity index (χ1v) is 11.5. The van der Waals surface area contributed by atoms with Gasteiger partial charge in [0.1, 0.15) is 10.6 Å². The second-order valence-corrected chi connectivity index (χ2v) is 9.75. The van der Waals surface area contributed by atoms with Gasteiger partial charge in [0, 0.05) is 31.6 Å². The lowest BCUT2D eigenvalue weighted by atomic mass is 9.97. The van der Waals surface area contributed by atoms with Crippen molar-refractivity contribution in [2.45, 2.75) is 72.4 Å². The maximum Gasteiger partial charge on any atom is 0.410 e. The number of aliphatic imine (C=N–C) groups is 1. The van der Waals surface area contributed by atoms with Gasteiger partial charge in [-0.25, -0.2) is 14.8 Å². The van der Waals surface area contributed by atoms with Crippen LogP contribution in [0.1, 0.15) is 71.0 Å². The van der Waals surface area contributed by atoms with Gasteiger partial charge in [0.15, 0.2) is 5.96 Å². The van der Waals surface area contributed by atoms with Crippen LogP contribution in [0.15, 0.2) is 10.4 Å². The highest BCUT2D eigenvalue weighted by Crippen LogP contribution is 2.20. The molecule has 0 radical (unpaired) electrons. The Hall–Kier alpha value is -1.10. The van der Waals surface area contributed by atoms with Crippen molar-refractivity contribution in [3.63, 3.8) is 0 Å². The number of likely N-dealkylation sites (tertiary alicyclic amines) is 1. The predicted molar refractivity (Wildman–Crippen MR) is 135 cm³/mol. The van der Waals surface area contributed by atoms with Crippen molar-refractivity contribution >= 4 is 47.4 Å². The Morgan fingerprint density at radius 3 is 2.53 bits per heavy atom. The number of halogens is 1. The van der Waals surface area contributed by atoms with Crippen LogP contribution in [0, 0.1) is 5.92 Å². The molecule has 2 rings (SSSR count). The minimum absolute atomic E-state index is 0. The molecule has 0 bridgehead atoms. The Labute approximate surface area is 202 Å². The number of carbonyl (C=O) groups excluding carboxylic acids is 1. The van der Waals surface area contributed by atoms with Crippen molar-refractivity contribution in [1.29, 1.82) is 0 Å². The summed E-state index contributed by atoms with van der Waals surface area (Å²) in [5.74, 6) is 1.79. The molecule has 0 unspecified atom stereocenters. The number of aromatic nitrogens is 1. The van der Waals surface area contributed by atoms with E-state index in [-0.39, 0.29) is 30.1 Å². The third-order valence-corrected chi connectivity index (χ3v) is 5.55. The Balaban J connectivity index is 0.00000450. The second kappa shape index (κ2) is 12.7. The molecule has 1 aliphatic heterocycles. The van der Waals surface area contributed by atoms with Gasteiger partial charge in [0.2, 0.25) is 0 Å². The Bertz CT molecular complexity index is 679. The zero-order valence-corrected chi connectivity index (χ0v) is 22.3. The molecule has 0 aromatic carbocycles. The monoisotopic (exact) mass is 551 g/mol. The zero-order chi connectivity index (χ0) is 21.4. The fourth-order valence-electron chi connectivity index (χ4n) is 3.04. The van der Waals surface area contributed by atoms with Crippen LogP contribution in [0.25, 0.3) is 0 Å². The quantitative estimate of drug-likeness (QED) is 0.307. The maximum atomic E-state index is 12.2. The van der Waals surface area contributed by atoms with E-state index in [0.29, 0.717) is 18.4 Å². The highest BCUT2D eigenvalue weighted by Gasteiger charge is 2.26. The number of rotatable bonds is 6. The summed E-state index contributed by atoms with van der Waals surface area (Å²) < 4.78 is 5.47. The molecule has 2 heterocycles. The highest BCUT2D eigenvalue weighted by atomic mass is 127. The van der Waals surface area contributed by atoms with E-state index in [1.165, 1.54) is 0 Å². The number of guanidine groups is 1. The number of hydrogen-bond donors (Lipinski definition) is 2. The standard InChI is InChI=1S/C21H37N5O2S.HI/c1-7-22-19(24-13-18-25-17(14-29-18)15(2)3)23-12-16-8-10-26(11-9-16)20(27)28-21(4,5)6;/h14-16H,7-13H2,1-6H3,(H2,22,23,24);1H. The van der Waals surface area contributed by atoms with Crippen molar-refractivity contribution in [1.82, 2.24) is 20.5 Å². The van der Waals surface area contributed by atoms with Gasteiger partial charge >= 0.3 is 6.09 Å². The molecular formula is C21H38IN5O2S. The van der Waals surface area contributed by atoms with Crippen LogP contribution in [0.5, 0.6) is 0 Å². The molecule has 1 aromatic rings. The Morgan fingerprint density at radius 1 is 1.33 bits per heavy atom. The van der Waals surface area contributed by atoms with Crippen LogP contribution in [0.3, 0.4) is 0 Å². The molecular weight excluding hydrogens is 513 g/mol. The number of thiazole rings is 1. The van der Waals surface area contributed by atoms with Gasteiger partial charge < -0.3 is 20.3 Å². The van der Waals surface area contributed by atoms with Crippen LogP contribution in [0.2, 0.25) is 0 Å². The largest absolute Gasteiger partial charge is 0.444 e. The molecule has 0 spiro atoms. The molecule has 1 fully saturated rings. The molecule has 0 atom stereocenters. The minimum atomic E-state index is -0.444. The molecule has 1 amide bonds. The maximum absolute atomic E-state index is 12.2. The number of carbonyl (C=O) groups is 1. The number of hydrogen-bond acceptors (Lipinski definition) is 5. The summed E-state index contributed by atoms with van der Waals surface area (Å²) in [6.45, 7) is 15.8. The number of nitrogens with zero attached hydrogens (tertiary/aromatic N) is 3. The van der Waals surface area contributed by atoms with Gasteiger partial charge in [-0.3, -0.25) is 0 Å². The van der Waals surface area contributed by atoms with Crippen molar-refractivity contribution in [3.8, 4) is 0 Å². The summed E-state index contributed by atoms with van der Waals surface area (Å²) in [6, 6.07) is 0. The Kier molecular flexibility index (Phi) is 11.4. The van der Waals surface area contributed by atoms with E-state index in [0.717, 1.165) is 55.7 Å². The normalized spacial score (nSPS) is 15.7. The summed E-state index contributed by atoms with van der Waals surface area (Å²) in [5, 5.41) is 9.92. The molecule has 0 aliphatic carbocycles. The number of amides is 1. The minimum Gasteiger partial charge on any atom is -0.444 e. The molecule has 30 heavy (non-hydrogen) atoms. The van der Waals surface area contributed by atoms with Crippen molar-refractivity contribution < 1.29 is 9.53 Å². The average Bonchev–Trinajstić information content (AvgIpc) is 3.12. The van der Waals surface area contributed by atoms with E-state index in [4.69, 9.17) is 4.74 Å². The van der Waals surface area contributed by atoms with Crippen LogP contribution < -0.4 is 10.6 Å². The van der Waals surface area contributed by atoms with Gasteiger partial charge in [-0.15, -0.1) is 35.3 Å². The summed E-state index contributed by atoms with van der Waals surface area (Å²) in [5.41, 5.74) is 0.690. The first kappa shape index (κ1) is 26.9. The summed E-state index contributed by atoms with van der Waals surface area (Å²) in [6.07, 6.45) is 1.73. The smallest absolute Gasteiger partial charge is 0.410 e. The van der Waals surface area contributed by atoms with Crippen LogP contribution in [-0.2, 0) is 11.3 Å². The van der Waals surface area contributed by atoms with Crippen molar-refractivity contribution in [2.24, 2.45) is 10.9 Å². The second-order valence-electron chi connectivity index (χ2n) is 8.81. The Morgan fingerprint density at radius 2 is 2.00 bits per heavy atom. The van der Waals surface area contributed by atoms with E-state index in [2.05, 4.69) is 46.8 Å². The average molecular weight is 552 g/mol. The third-order valence-electron chi connectivity index (χ3n) is 4.70. The number of nitrogens with one attached hydrogen (secondary N) is 2. The first-order chi connectivity index (χ1) is 13.7. The first-order valence-electron chi connectivity index (χ1n) is 10.6. The fourth-order valence-corrected chi connectivity index (χ4v) is 3.92. The number of ether oxygens (including phenoxy) is 1. The molecule has 1 saturated heterocycles. The van der Waals surface area contributed by atoms with Gasteiger partial charge in [-0.2, -0.15) is 0 Å². The van der Waals surface area contributed by atoms with Crippen molar-refractivity contribution in [3.05, 3.63) is 16.1 Å². The van der Waals surface area contributed by atoms with Gasteiger partial charge in [0.05, 0.1) is 12.2 Å². The third kappa shape index (κ3) is 9.36. The van der Waals surface area contributed by atoms with Crippen LogP contribution in [0.4, 0.5) is 4.79 Å². The lowest BCUT2D eigenvalue weighted by Crippen LogP contribution is -2.45. The molecule has 172 valence electrons. The molecule has 2 N–H and O–H groups in total. The van der Waals surface area contributed by atoms with Crippen molar-refractivity contribution in [2.75, 3.05) is 26.2 Å². The topological polar surface area (TPSA) is 78.9 Å². The molecule has 1 aromatic heterocycles. The van der Waals surface area contributed by atoms with Gasteiger partial charge in [-0.05, 0) is 52.4 Å². The molecule has 7 nitrogen and oxygen atoms in total. The summed E-state index contributed by atoms with van der Waals surface area (Å²) in [4.78, 5) is 23.3. The van der Waals surface area contributed by atoms with E-state index in [1.54, 1.807) is 11.3 Å². The summed E-state index contributed by atoms with van der Waals surface area (Å²) >= 11 is 1.67. The summed E-state index contributed by atoms with van der Waals surface area (Å²) in [7, 11) is 0. The van der Waals surface area contributed by atoms with Crippen LogP contribution >= 0.6 is 35.3 Å². The molecule has 1 aliphatic rings. The van der Waals surface area contributed by atoms with E-state index >= 15 is 0 Å². The van der Waals surface area contributed by atoms with Gasteiger partial charge in [0.25, 0.3) is 0 Å². The SMILES string of the molecule is CCNC(=NCc1nc(C(C)C)cs1)NCC1CCN(C(=O)OC(C)(C)C)CC1.I. The van der Waals surface area contributed by atoms with Gasteiger partial charge in [-0.1, -0.05) is 13.8 Å². The lowest BCUT2D eigenvalue weighted by molar-refractivity contribution is 0.0185. The van der Waals surface area contributed by atoms with E-state index < -0.39 is 5.60 Å². The van der Waals surface area contributed by atoms with E-state index in [9.17, 15) is 4.79 Å². The van der Waals surface area contributed by atoms with Crippen LogP contribution in [-0.4, -0.2) is 53.7 Å². The predicted octanol–water partition coefficient (Wildman–Crippen LogP) is 4.59. The molecule has 0 saturated carbocycles. The lowest BCUT2D eigenvalue weighted by Gasteiger charge is -2.33. The molecule has 9 heteroatoms. The fraction of sp³-hybridized carbons (Fsp3) is 0.762. The highest BCUT2D eigenvalue weighted by molar-refractivity contribution is 14.0. The number of piperidine rings is 1.